The van der Waals surface area contributed by atoms with Gasteiger partial charge in [-0.2, -0.15) is 13.2 Å². The molecule has 0 atom stereocenters. The Kier molecular flexibility index (Phi) is 5.85. The monoisotopic (exact) mass is 467 g/mol. The first-order valence-electron chi connectivity index (χ1n) is 9.85. The van der Waals surface area contributed by atoms with Gasteiger partial charge in [0.15, 0.2) is 0 Å². The van der Waals surface area contributed by atoms with E-state index in [4.69, 9.17) is 16.1 Å². The predicted molar refractivity (Wildman–Crippen MR) is 112 cm³/mol. The molecule has 1 saturated heterocycles. The second kappa shape index (κ2) is 8.46. The molecule has 0 radical (unpaired) electrons. The maximum absolute atomic E-state index is 14.4. The molecule has 1 fully saturated rings. The molecule has 4 rings (SSSR count). The molecule has 3 aromatic rings. The highest BCUT2D eigenvalue weighted by Gasteiger charge is 2.33. The number of nitrogens with zero attached hydrogens (tertiary/aromatic N) is 2. The Morgan fingerprint density at radius 1 is 1.19 bits per heavy atom. The van der Waals surface area contributed by atoms with Gasteiger partial charge in [-0.1, -0.05) is 22.8 Å². The quantitative estimate of drug-likeness (QED) is 0.456. The number of carbonyl (C=O) groups excluding carboxylic acids is 1. The first kappa shape index (κ1) is 22.1. The van der Waals surface area contributed by atoms with Gasteiger partial charge < -0.3 is 14.7 Å². The number of hydrogen-bond acceptors (Lipinski definition) is 4. The predicted octanol–water partition coefficient (Wildman–Crippen LogP) is 6.31. The van der Waals surface area contributed by atoms with Crippen molar-refractivity contribution < 1.29 is 26.9 Å². The zero-order chi connectivity index (χ0) is 23.0. The van der Waals surface area contributed by atoms with E-state index in [1.807, 2.05) is 4.90 Å². The fourth-order valence-electron chi connectivity index (χ4n) is 3.77. The van der Waals surface area contributed by atoms with Crippen LogP contribution in [-0.4, -0.2) is 24.2 Å². The van der Waals surface area contributed by atoms with Gasteiger partial charge in [-0.25, -0.2) is 4.39 Å². The van der Waals surface area contributed by atoms with E-state index in [9.17, 15) is 22.4 Å². The number of halogens is 5. The van der Waals surface area contributed by atoms with Crippen LogP contribution in [-0.2, 0) is 6.18 Å². The van der Waals surface area contributed by atoms with Crippen molar-refractivity contribution in [3.05, 3.63) is 64.1 Å². The molecule has 0 saturated carbocycles. The fourth-order valence-corrected chi connectivity index (χ4v) is 4.02. The smallest absolute Gasteiger partial charge is 0.370 e. The largest absolute Gasteiger partial charge is 0.416 e. The van der Waals surface area contributed by atoms with Crippen LogP contribution in [0.3, 0.4) is 0 Å². The second-order valence-electron chi connectivity index (χ2n) is 7.44. The molecule has 2 heterocycles. The minimum absolute atomic E-state index is 0.00194. The second-order valence-corrected chi connectivity index (χ2v) is 7.84. The van der Waals surface area contributed by atoms with Crippen LogP contribution in [0.2, 0.25) is 5.02 Å². The van der Waals surface area contributed by atoms with Crippen molar-refractivity contribution in [2.24, 2.45) is 0 Å². The molecule has 2 aromatic carbocycles. The van der Waals surface area contributed by atoms with E-state index in [1.54, 1.807) is 0 Å². The van der Waals surface area contributed by atoms with E-state index in [-0.39, 0.29) is 33.3 Å². The van der Waals surface area contributed by atoms with Crippen molar-refractivity contribution in [2.45, 2.75) is 25.9 Å². The van der Waals surface area contributed by atoms with Gasteiger partial charge in [-0.15, -0.1) is 0 Å². The zero-order valence-electron chi connectivity index (χ0n) is 16.9. The van der Waals surface area contributed by atoms with Crippen LogP contribution in [0.15, 0.2) is 40.9 Å². The number of aryl methyl sites for hydroxylation is 1. The highest BCUT2D eigenvalue weighted by atomic mass is 35.5. The summed E-state index contributed by atoms with van der Waals surface area (Å²) in [4.78, 5) is 15.1. The molecule has 1 amide bonds. The number of aromatic nitrogens is 1. The Morgan fingerprint density at radius 3 is 2.56 bits per heavy atom. The Morgan fingerprint density at radius 2 is 1.91 bits per heavy atom. The number of alkyl halides is 3. The van der Waals surface area contributed by atoms with Crippen LogP contribution >= 0.6 is 11.6 Å². The molecule has 0 aliphatic carbocycles. The van der Waals surface area contributed by atoms with E-state index < -0.39 is 23.5 Å². The molecular formula is C22H18ClF4N3O2. The average molecular weight is 468 g/mol. The van der Waals surface area contributed by atoms with Gasteiger partial charge in [0.25, 0.3) is 5.91 Å². The third-order valence-corrected chi connectivity index (χ3v) is 5.62. The number of anilines is 2. The minimum Gasteiger partial charge on any atom is -0.370 e. The summed E-state index contributed by atoms with van der Waals surface area (Å²) in [6.07, 6.45) is -2.79. The zero-order valence-corrected chi connectivity index (χ0v) is 17.6. The van der Waals surface area contributed by atoms with Crippen molar-refractivity contribution in [3.8, 4) is 11.3 Å². The molecule has 168 valence electrons. The normalized spacial score (nSPS) is 14.1. The molecular weight excluding hydrogens is 450 g/mol. The van der Waals surface area contributed by atoms with Crippen LogP contribution in [0.5, 0.6) is 0 Å². The summed E-state index contributed by atoms with van der Waals surface area (Å²) >= 11 is 6.11. The van der Waals surface area contributed by atoms with E-state index in [1.165, 1.54) is 25.1 Å². The molecule has 1 aromatic heterocycles. The van der Waals surface area contributed by atoms with Crippen molar-refractivity contribution >= 4 is 28.9 Å². The summed E-state index contributed by atoms with van der Waals surface area (Å²) < 4.78 is 59.5. The van der Waals surface area contributed by atoms with E-state index in [0.717, 1.165) is 31.0 Å². The maximum atomic E-state index is 14.4. The summed E-state index contributed by atoms with van der Waals surface area (Å²) in [5.74, 6) is -1.42. The summed E-state index contributed by atoms with van der Waals surface area (Å²) in [5.41, 5.74) is -0.781. The molecule has 10 heteroatoms. The number of amides is 1. The van der Waals surface area contributed by atoms with Crippen LogP contribution in [0.1, 0.15) is 34.5 Å². The Labute approximate surface area is 185 Å². The molecule has 0 spiro atoms. The van der Waals surface area contributed by atoms with Crippen LogP contribution in [0, 0.1) is 12.7 Å². The third-order valence-electron chi connectivity index (χ3n) is 5.31. The number of benzene rings is 2. The molecule has 0 unspecified atom stereocenters. The fraction of sp³-hybridized carbons (Fsp3) is 0.273. The lowest BCUT2D eigenvalue weighted by molar-refractivity contribution is -0.137. The SMILES string of the molecule is Cc1onc(-c2c(F)cccc2Cl)c1C(=O)Nc1cc(C(F)(F)F)ccc1N1CCCC1. The number of hydrogen-bond donors (Lipinski definition) is 1. The summed E-state index contributed by atoms with van der Waals surface area (Å²) in [6, 6.07) is 7.22. The molecule has 1 N–H and O–H groups in total. The van der Waals surface area contributed by atoms with Gasteiger partial charge in [0.05, 0.1) is 27.5 Å². The first-order valence-corrected chi connectivity index (χ1v) is 10.2. The minimum atomic E-state index is -4.58. The van der Waals surface area contributed by atoms with E-state index >= 15 is 0 Å². The van der Waals surface area contributed by atoms with Crippen LogP contribution in [0.25, 0.3) is 11.3 Å². The summed E-state index contributed by atoms with van der Waals surface area (Å²) in [6.45, 7) is 2.78. The highest BCUT2D eigenvalue weighted by Crippen LogP contribution is 2.38. The highest BCUT2D eigenvalue weighted by molar-refractivity contribution is 6.33. The van der Waals surface area contributed by atoms with Crippen LogP contribution in [0.4, 0.5) is 28.9 Å². The van der Waals surface area contributed by atoms with Crippen molar-refractivity contribution in [3.63, 3.8) is 0 Å². The third kappa shape index (κ3) is 4.17. The first-order chi connectivity index (χ1) is 15.2. The Bertz CT molecular complexity index is 1150. The Balaban J connectivity index is 1.76. The van der Waals surface area contributed by atoms with Crippen molar-refractivity contribution in [2.75, 3.05) is 23.3 Å². The van der Waals surface area contributed by atoms with Gasteiger partial charge in [0.2, 0.25) is 0 Å². The van der Waals surface area contributed by atoms with E-state index in [2.05, 4.69) is 10.5 Å². The maximum Gasteiger partial charge on any atom is 0.416 e. The average Bonchev–Trinajstić information content (AvgIpc) is 3.37. The van der Waals surface area contributed by atoms with Gasteiger partial charge in [0.1, 0.15) is 22.8 Å². The topological polar surface area (TPSA) is 58.4 Å². The van der Waals surface area contributed by atoms with Crippen molar-refractivity contribution in [1.82, 2.24) is 5.16 Å². The Hall–Kier alpha value is -3.07. The van der Waals surface area contributed by atoms with Gasteiger partial charge in [-0.05, 0) is 50.1 Å². The molecule has 1 aliphatic rings. The van der Waals surface area contributed by atoms with Crippen molar-refractivity contribution in [1.29, 1.82) is 0 Å². The molecule has 32 heavy (non-hydrogen) atoms. The molecule has 0 bridgehead atoms. The van der Waals surface area contributed by atoms with Crippen LogP contribution < -0.4 is 10.2 Å². The lowest BCUT2D eigenvalue weighted by Gasteiger charge is -2.23. The number of rotatable bonds is 4. The lowest BCUT2D eigenvalue weighted by Crippen LogP contribution is -2.22. The number of nitrogens with one attached hydrogen (secondary N) is 1. The molecule has 5 nitrogen and oxygen atoms in total. The summed E-state index contributed by atoms with van der Waals surface area (Å²) in [7, 11) is 0. The van der Waals surface area contributed by atoms with Gasteiger partial charge in [0, 0.05) is 13.1 Å². The summed E-state index contributed by atoms with van der Waals surface area (Å²) in [5, 5.41) is 6.34. The van der Waals surface area contributed by atoms with Gasteiger partial charge >= 0.3 is 6.18 Å². The number of carbonyl (C=O) groups is 1. The lowest BCUT2D eigenvalue weighted by atomic mass is 10.0. The standard InChI is InChI=1S/C22H18ClF4N3O2/c1-12-18(20(29-32-12)19-14(23)5-4-6-15(19)24)21(31)28-16-11-13(22(25,26)27)7-8-17(16)30-9-2-3-10-30/h4-8,11H,2-3,9-10H2,1H3,(H,28,31). The van der Waals surface area contributed by atoms with E-state index in [0.29, 0.717) is 18.8 Å². The molecule has 1 aliphatic heterocycles. The van der Waals surface area contributed by atoms with Gasteiger partial charge in [-0.3, -0.25) is 4.79 Å².